The summed E-state index contributed by atoms with van der Waals surface area (Å²) in [4.78, 5) is 21.3. The van der Waals surface area contributed by atoms with Gasteiger partial charge in [0.05, 0.1) is 12.1 Å². The largest absolute Gasteiger partial charge is 0.340 e. The number of rotatable bonds is 3. The summed E-state index contributed by atoms with van der Waals surface area (Å²) in [7, 11) is 0. The van der Waals surface area contributed by atoms with Crippen molar-refractivity contribution in [1.29, 1.82) is 0 Å². The maximum Gasteiger partial charge on any atom is 0.228 e. The molecule has 2 aromatic rings. The number of hydrogen-bond acceptors (Lipinski definition) is 3. The number of likely N-dealkylation sites (N-methyl/N-ethyl adjacent to an activating group) is 1. The van der Waals surface area contributed by atoms with E-state index in [0.29, 0.717) is 6.42 Å². The van der Waals surface area contributed by atoms with Gasteiger partial charge in [-0.15, -0.1) is 0 Å². The Morgan fingerprint density at radius 3 is 2.71 bits per heavy atom. The third-order valence-corrected chi connectivity index (χ3v) is 4.23. The fraction of sp³-hybridized carbons (Fsp3) is 0.500. The highest BCUT2D eigenvalue weighted by molar-refractivity contribution is 5.78. The summed E-state index contributed by atoms with van der Waals surface area (Å²) < 4.78 is 1.99. The predicted octanol–water partition coefficient (Wildman–Crippen LogP) is 1.35. The van der Waals surface area contributed by atoms with Crippen LogP contribution in [-0.4, -0.2) is 57.8 Å². The van der Waals surface area contributed by atoms with Crippen LogP contribution in [0.5, 0.6) is 0 Å². The van der Waals surface area contributed by atoms with Crippen LogP contribution in [-0.2, 0) is 11.2 Å². The number of piperazine rings is 1. The number of fused-ring (bicyclic) bond motifs is 1. The number of carbonyl (C=O) groups is 1. The van der Waals surface area contributed by atoms with Crippen molar-refractivity contribution in [3.8, 4) is 0 Å². The van der Waals surface area contributed by atoms with Crippen LogP contribution in [0, 0.1) is 6.92 Å². The van der Waals surface area contributed by atoms with Crippen molar-refractivity contribution in [2.24, 2.45) is 0 Å². The summed E-state index contributed by atoms with van der Waals surface area (Å²) in [6.45, 7) is 8.89. The fourth-order valence-electron chi connectivity index (χ4n) is 2.87. The monoisotopic (exact) mass is 286 g/mol. The standard InChI is InChI=1S/C16H22N4O/c1-3-18-7-9-19(10-8-18)15(21)11-14-12-20-6-4-5-13(2)16(20)17-14/h4-6,12H,3,7-11H2,1-2H3. The van der Waals surface area contributed by atoms with Crippen LogP contribution in [0.3, 0.4) is 0 Å². The molecule has 3 heterocycles. The molecule has 3 rings (SSSR count). The number of hydrogen-bond donors (Lipinski definition) is 0. The molecule has 5 nitrogen and oxygen atoms in total. The average molecular weight is 286 g/mol. The molecule has 1 saturated heterocycles. The summed E-state index contributed by atoms with van der Waals surface area (Å²) in [5.41, 5.74) is 2.93. The molecule has 1 aliphatic heterocycles. The van der Waals surface area contributed by atoms with Crippen molar-refractivity contribution in [3.63, 3.8) is 0 Å². The van der Waals surface area contributed by atoms with Crippen LogP contribution in [0.1, 0.15) is 18.2 Å². The van der Waals surface area contributed by atoms with Crippen molar-refractivity contribution in [2.45, 2.75) is 20.3 Å². The van der Waals surface area contributed by atoms with E-state index in [4.69, 9.17) is 0 Å². The predicted molar refractivity (Wildman–Crippen MR) is 82.3 cm³/mol. The zero-order chi connectivity index (χ0) is 14.8. The van der Waals surface area contributed by atoms with Crippen LogP contribution in [0.15, 0.2) is 24.5 Å². The molecule has 1 fully saturated rings. The molecule has 0 atom stereocenters. The SMILES string of the molecule is CCN1CCN(C(=O)Cc2cn3cccc(C)c3n2)CC1. The van der Waals surface area contributed by atoms with Gasteiger partial charge in [0.1, 0.15) is 5.65 Å². The minimum absolute atomic E-state index is 0.187. The molecule has 0 radical (unpaired) electrons. The van der Waals surface area contributed by atoms with Gasteiger partial charge < -0.3 is 14.2 Å². The first-order valence-electron chi connectivity index (χ1n) is 7.60. The van der Waals surface area contributed by atoms with Gasteiger partial charge in [-0.3, -0.25) is 4.79 Å². The highest BCUT2D eigenvalue weighted by Crippen LogP contribution is 2.12. The summed E-state index contributed by atoms with van der Waals surface area (Å²) in [5.74, 6) is 0.187. The second kappa shape index (κ2) is 5.85. The van der Waals surface area contributed by atoms with E-state index < -0.39 is 0 Å². The molecule has 0 N–H and O–H groups in total. The van der Waals surface area contributed by atoms with E-state index in [1.165, 1.54) is 0 Å². The van der Waals surface area contributed by atoms with E-state index in [1.807, 2.05) is 40.8 Å². The first kappa shape index (κ1) is 14.1. The third-order valence-electron chi connectivity index (χ3n) is 4.23. The number of imidazole rings is 1. The highest BCUT2D eigenvalue weighted by Gasteiger charge is 2.21. The van der Waals surface area contributed by atoms with E-state index in [1.54, 1.807) is 0 Å². The van der Waals surface area contributed by atoms with Crippen molar-refractivity contribution in [1.82, 2.24) is 19.2 Å². The first-order valence-corrected chi connectivity index (χ1v) is 7.60. The van der Waals surface area contributed by atoms with Gasteiger partial charge in [0.15, 0.2) is 0 Å². The van der Waals surface area contributed by atoms with Crippen LogP contribution < -0.4 is 0 Å². The highest BCUT2D eigenvalue weighted by atomic mass is 16.2. The van der Waals surface area contributed by atoms with Gasteiger partial charge in [-0.1, -0.05) is 13.0 Å². The zero-order valence-electron chi connectivity index (χ0n) is 12.7. The van der Waals surface area contributed by atoms with Gasteiger partial charge >= 0.3 is 0 Å². The molecule has 0 aromatic carbocycles. The summed E-state index contributed by atoms with van der Waals surface area (Å²) in [6, 6.07) is 4.04. The quantitative estimate of drug-likeness (QED) is 0.855. The maximum absolute atomic E-state index is 12.4. The Kier molecular flexibility index (Phi) is 3.92. The van der Waals surface area contributed by atoms with Gasteiger partial charge in [-0.2, -0.15) is 0 Å². The molecule has 112 valence electrons. The molecular weight excluding hydrogens is 264 g/mol. The lowest BCUT2D eigenvalue weighted by Gasteiger charge is -2.34. The molecule has 1 aliphatic rings. The molecule has 2 aromatic heterocycles. The van der Waals surface area contributed by atoms with Crippen LogP contribution in [0.25, 0.3) is 5.65 Å². The Morgan fingerprint density at radius 1 is 1.29 bits per heavy atom. The second-order valence-corrected chi connectivity index (χ2v) is 5.65. The fourth-order valence-corrected chi connectivity index (χ4v) is 2.87. The molecule has 21 heavy (non-hydrogen) atoms. The Hall–Kier alpha value is -1.88. The lowest BCUT2D eigenvalue weighted by atomic mass is 10.2. The molecular formula is C16H22N4O. The second-order valence-electron chi connectivity index (χ2n) is 5.65. The summed E-state index contributed by atoms with van der Waals surface area (Å²) in [5, 5.41) is 0. The third kappa shape index (κ3) is 2.93. The van der Waals surface area contributed by atoms with Crippen molar-refractivity contribution in [3.05, 3.63) is 35.8 Å². The molecule has 0 saturated carbocycles. The van der Waals surface area contributed by atoms with Crippen LogP contribution in [0.4, 0.5) is 0 Å². The zero-order valence-corrected chi connectivity index (χ0v) is 12.7. The maximum atomic E-state index is 12.4. The Bertz CT molecular complexity index is 641. The number of aryl methyl sites for hydroxylation is 1. The van der Waals surface area contributed by atoms with E-state index in [-0.39, 0.29) is 5.91 Å². The number of carbonyl (C=O) groups excluding carboxylic acids is 1. The average Bonchev–Trinajstić information content (AvgIpc) is 2.91. The minimum atomic E-state index is 0.187. The Morgan fingerprint density at radius 2 is 2.05 bits per heavy atom. The minimum Gasteiger partial charge on any atom is -0.340 e. The van der Waals surface area contributed by atoms with Gasteiger partial charge in [0.2, 0.25) is 5.91 Å². The van der Waals surface area contributed by atoms with Crippen LogP contribution >= 0.6 is 0 Å². The van der Waals surface area contributed by atoms with Crippen molar-refractivity contribution >= 4 is 11.6 Å². The van der Waals surface area contributed by atoms with E-state index >= 15 is 0 Å². The van der Waals surface area contributed by atoms with E-state index in [9.17, 15) is 4.79 Å². The molecule has 5 heteroatoms. The Labute approximate surface area is 125 Å². The lowest BCUT2D eigenvalue weighted by Crippen LogP contribution is -2.48. The molecule has 0 bridgehead atoms. The summed E-state index contributed by atoms with van der Waals surface area (Å²) >= 11 is 0. The number of amides is 1. The lowest BCUT2D eigenvalue weighted by molar-refractivity contribution is -0.132. The summed E-state index contributed by atoms with van der Waals surface area (Å²) in [6.07, 6.45) is 4.33. The molecule has 0 unspecified atom stereocenters. The number of nitrogens with zero attached hydrogens (tertiary/aromatic N) is 4. The first-order chi connectivity index (χ1) is 10.2. The number of aromatic nitrogens is 2. The van der Waals surface area contributed by atoms with Crippen molar-refractivity contribution < 1.29 is 4.79 Å². The Balaban J connectivity index is 1.68. The van der Waals surface area contributed by atoms with Gasteiger partial charge in [-0.05, 0) is 25.1 Å². The van der Waals surface area contributed by atoms with Gasteiger partial charge in [-0.25, -0.2) is 4.98 Å². The van der Waals surface area contributed by atoms with E-state index in [2.05, 4.69) is 16.8 Å². The number of pyridine rings is 1. The smallest absolute Gasteiger partial charge is 0.228 e. The molecule has 0 spiro atoms. The topological polar surface area (TPSA) is 40.9 Å². The van der Waals surface area contributed by atoms with Crippen molar-refractivity contribution in [2.75, 3.05) is 32.7 Å². The van der Waals surface area contributed by atoms with Crippen LogP contribution in [0.2, 0.25) is 0 Å². The van der Waals surface area contributed by atoms with Gasteiger partial charge in [0.25, 0.3) is 0 Å². The molecule has 0 aliphatic carbocycles. The van der Waals surface area contributed by atoms with Gasteiger partial charge in [0, 0.05) is 38.6 Å². The van der Waals surface area contributed by atoms with E-state index in [0.717, 1.165) is 49.6 Å². The normalized spacial score (nSPS) is 16.6. The molecule has 1 amide bonds.